The van der Waals surface area contributed by atoms with Gasteiger partial charge in [0.25, 0.3) is 0 Å². The van der Waals surface area contributed by atoms with Gasteiger partial charge in [-0.25, -0.2) is 4.79 Å². The summed E-state index contributed by atoms with van der Waals surface area (Å²) in [5.41, 5.74) is 0.657. The van der Waals surface area contributed by atoms with Gasteiger partial charge in [-0.15, -0.1) is 0 Å². The third-order valence-corrected chi connectivity index (χ3v) is 3.17. The summed E-state index contributed by atoms with van der Waals surface area (Å²) in [7, 11) is 0. The van der Waals surface area contributed by atoms with Crippen LogP contribution in [-0.4, -0.2) is 23.8 Å². The van der Waals surface area contributed by atoms with Crippen molar-refractivity contribution in [3.63, 3.8) is 0 Å². The quantitative estimate of drug-likeness (QED) is 0.924. The van der Waals surface area contributed by atoms with Gasteiger partial charge < -0.3 is 14.8 Å². The molecule has 1 aliphatic heterocycles. The lowest BCUT2D eigenvalue weighted by atomic mass is 10.00. The summed E-state index contributed by atoms with van der Waals surface area (Å²) in [5, 5.41) is 2.94. The van der Waals surface area contributed by atoms with E-state index in [2.05, 4.69) is 5.32 Å². The van der Waals surface area contributed by atoms with Crippen molar-refractivity contribution in [2.24, 2.45) is 0 Å². The molecular weight excluding hydrogens is 266 g/mol. The number of rotatable bonds is 4. The molecule has 1 aromatic carbocycles. The zero-order valence-electron chi connectivity index (χ0n) is 12.8. The summed E-state index contributed by atoms with van der Waals surface area (Å²) in [6, 6.07) is 9.95. The van der Waals surface area contributed by atoms with Crippen LogP contribution >= 0.6 is 0 Å². The van der Waals surface area contributed by atoms with Crippen LogP contribution in [0, 0.1) is 0 Å². The summed E-state index contributed by atoms with van der Waals surface area (Å²) < 4.78 is 10.9. The average Bonchev–Trinajstić information content (AvgIpc) is 2.90. The normalized spacial score (nSPS) is 18.9. The molecule has 1 amide bonds. The number of carbonyl (C=O) groups is 1. The van der Waals surface area contributed by atoms with Gasteiger partial charge >= 0.3 is 6.09 Å². The highest BCUT2D eigenvalue weighted by Crippen LogP contribution is 2.17. The topological polar surface area (TPSA) is 47.6 Å². The van der Waals surface area contributed by atoms with Crippen LogP contribution in [0.5, 0.6) is 0 Å². The molecule has 1 N–H and O–H groups in total. The molecule has 1 aliphatic rings. The molecule has 2 atom stereocenters. The molecule has 0 unspecified atom stereocenters. The molecule has 21 heavy (non-hydrogen) atoms. The smallest absolute Gasteiger partial charge is 0.408 e. The van der Waals surface area contributed by atoms with Gasteiger partial charge in [0.15, 0.2) is 0 Å². The lowest BCUT2D eigenvalue weighted by Gasteiger charge is -2.27. The molecule has 0 saturated carbocycles. The number of hydrogen-bond donors (Lipinski definition) is 1. The van der Waals surface area contributed by atoms with Crippen molar-refractivity contribution in [1.29, 1.82) is 0 Å². The standard InChI is InChI=1S/C17H23NO3/c1-17(2,3)21-16(19)18-14(15-10-7-11-20-15)12-13-8-5-4-6-9-13/h4-9,11,14-15H,10,12H2,1-3H3,(H,18,19)/t14-,15-/m0/s1. The third-order valence-electron chi connectivity index (χ3n) is 3.17. The maximum atomic E-state index is 12.0. The average molecular weight is 289 g/mol. The fourth-order valence-electron chi connectivity index (χ4n) is 2.26. The fraction of sp³-hybridized carbons (Fsp3) is 0.471. The number of hydrogen-bond acceptors (Lipinski definition) is 3. The highest BCUT2D eigenvalue weighted by Gasteiger charge is 2.28. The van der Waals surface area contributed by atoms with E-state index in [0.29, 0.717) is 6.42 Å². The van der Waals surface area contributed by atoms with E-state index in [9.17, 15) is 4.79 Å². The van der Waals surface area contributed by atoms with E-state index in [1.165, 1.54) is 0 Å². The second-order valence-electron chi connectivity index (χ2n) is 6.22. The van der Waals surface area contributed by atoms with E-state index in [1.54, 1.807) is 6.26 Å². The number of benzene rings is 1. The fourth-order valence-corrected chi connectivity index (χ4v) is 2.26. The molecule has 1 heterocycles. The maximum Gasteiger partial charge on any atom is 0.408 e. The van der Waals surface area contributed by atoms with Crippen molar-refractivity contribution in [3.05, 3.63) is 48.2 Å². The Balaban J connectivity index is 2.00. The van der Waals surface area contributed by atoms with Crippen LogP contribution in [0.1, 0.15) is 32.8 Å². The van der Waals surface area contributed by atoms with Crippen LogP contribution in [0.15, 0.2) is 42.7 Å². The SMILES string of the molecule is CC(C)(C)OC(=O)N[C@@H](Cc1ccccc1)[C@@H]1CC=CO1. The molecule has 4 heteroatoms. The molecule has 2 rings (SSSR count). The van der Waals surface area contributed by atoms with Gasteiger partial charge in [0.1, 0.15) is 11.7 Å². The molecule has 0 aromatic heterocycles. The van der Waals surface area contributed by atoms with Gasteiger partial charge in [-0.3, -0.25) is 0 Å². The van der Waals surface area contributed by atoms with Crippen molar-refractivity contribution >= 4 is 6.09 Å². The molecule has 0 radical (unpaired) electrons. The van der Waals surface area contributed by atoms with Crippen LogP contribution in [0.25, 0.3) is 0 Å². The Labute approximate surface area is 126 Å². The van der Waals surface area contributed by atoms with Crippen molar-refractivity contribution in [1.82, 2.24) is 5.32 Å². The first-order valence-electron chi connectivity index (χ1n) is 7.28. The molecule has 1 aromatic rings. The lowest BCUT2D eigenvalue weighted by molar-refractivity contribution is 0.0427. The molecule has 0 aliphatic carbocycles. The summed E-state index contributed by atoms with van der Waals surface area (Å²) in [4.78, 5) is 12.0. The predicted molar refractivity (Wildman–Crippen MR) is 81.9 cm³/mol. The van der Waals surface area contributed by atoms with Gasteiger partial charge in [0, 0.05) is 6.42 Å². The van der Waals surface area contributed by atoms with Gasteiger partial charge in [-0.1, -0.05) is 30.3 Å². The Morgan fingerprint density at radius 1 is 1.38 bits per heavy atom. The Morgan fingerprint density at radius 2 is 2.10 bits per heavy atom. The van der Waals surface area contributed by atoms with E-state index in [-0.39, 0.29) is 12.1 Å². The van der Waals surface area contributed by atoms with E-state index in [1.807, 2.05) is 57.2 Å². The van der Waals surface area contributed by atoms with Crippen LogP contribution in [0.3, 0.4) is 0 Å². The number of amides is 1. The molecule has 0 bridgehead atoms. The van der Waals surface area contributed by atoms with Crippen molar-refractivity contribution in [2.75, 3.05) is 0 Å². The Bertz CT molecular complexity index is 483. The Morgan fingerprint density at radius 3 is 2.67 bits per heavy atom. The van der Waals surface area contributed by atoms with Crippen molar-refractivity contribution in [3.8, 4) is 0 Å². The molecule has 0 saturated heterocycles. The third kappa shape index (κ3) is 5.14. The van der Waals surface area contributed by atoms with Crippen LogP contribution < -0.4 is 5.32 Å². The van der Waals surface area contributed by atoms with Crippen molar-refractivity contribution in [2.45, 2.75) is 51.4 Å². The minimum atomic E-state index is -0.504. The summed E-state index contributed by atoms with van der Waals surface area (Å²) in [6.45, 7) is 5.56. The monoisotopic (exact) mass is 289 g/mol. The highest BCUT2D eigenvalue weighted by molar-refractivity contribution is 5.68. The van der Waals surface area contributed by atoms with E-state index in [0.717, 1.165) is 12.0 Å². The zero-order valence-corrected chi connectivity index (χ0v) is 12.8. The van der Waals surface area contributed by atoms with E-state index in [4.69, 9.17) is 9.47 Å². The highest BCUT2D eigenvalue weighted by atomic mass is 16.6. The number of nitrogens with one attached hydrogen (secondary N) is 1. The number of alkyl carbamates (subject to hydrolysis) is 1. The molecular formula is C17H23NO3. The first kappa shape index (κ1) is 15.4. The Kier molecular flexibility index (Phi) is 4.89. The van der Waals surface area contributed by atoms with Gasteiger partial charge in [0.2, 0.25) is 0 Å². The summed E-state index contributed by atoms with van der Waals surface area (Å²) >= 11 is 0. The Hall–Kier alpha value is -1.97. The molecule has 4 nitrogen and oxygen atoms in total. The number of carbonyl (C=O) groups excluding carboxylic acids is 1. The minimum absolute atomic E-state index is 0.0438. The molecule has 114 valence electrons. The summed E-state index contributed by atoms with van der Waals surface area (Å²) in [5.74, 6) is 0. The van der Waals surface area contributed by atoms with Gasteiger partial charge in [0.05, 0.1) is 12.3 Å². The largest absolute Gasteiger partial charge is 0.496 e. The second-order valence-corrected chi connectivity index (χ2v) is 6.22. The van der Waals surface area contributed by atoms with Crippen LogP contribution in [-0.2, 0) is 15.9 Å². The number of ether oxygens (including phenoxy) is 2. The van der Waals surface area contributed by atoms with Gasteiger partial charge in [-0.05, 0) is 38.8 Å². The van der Waals surface area contributed by atoms with E-state index < -0.39 is 11.7 Å². The van der Waals surface area contributed by atoms with Gasteiger partial charge in [-0.2, -0.15) is 0 Å². The minimum Gasteiger partial charge on any atom is -0.496 e. The molecule has 0 fully saturated rings. The van der Waals surface area contributed by atoms with Crippen molar-refractivity contribution < 1.29 is 14.3 Å². The first-order valence-corrected chi connectivity index (χ1v) is 7.28. The maximum absolute atomic E-state index is 12.0. The van der Waals surface area contributed by atoms with Crippen LogP contribution in [0.4, 0.5) is 4.79 Å². The van der Waals surface area contributed by atoms with E-state index >= 15 is 0 Å². The first-order chi connectivity index (χ1) is 9.94. The van der Waals surface area contributed by atoms with Crippen LogP contribution in [0.2, 0.25) is 0 Å². The summed E-state index contributed by atoms with van der Waals surface area (Å²) in [6.07, 6.45) is 4.73. The zero-order chi connectivity index (χ0) is 15.3. The predicted octanol–water partition coefficient (Wildman–Crippen LogP) is 3.43. The molecule has 0 spiro atoms. The lowest BCUT2D eigenvalue weighted by Crippen LogP contribution is -2.46. The second kappa shape index (κ2) is 6.66.